The van der Waals surface area contributed by atoms with Crippen molar-refractivity contribution in [2.45, 2.75) is 109 Å². The second kappa shape index (κ2) is 14.2. The maximum absolute atomic E-state index is 9.95. The fourth-order valence-electron chi connectivity index (χ4n) is 2.48. The summed E-state index contributed by atoms with van der Waals surface area (Å²) >= 11 is 0. The van der Waals surface area contributed by atoms with E-state index < -0.39 is 12.2 Å². The largest absolute Gasteiger partial charge is 0.393 e. The van der Waals surface area contributed by atoms with E-state index in [4.69, 9.17) is 9.84 Å². The molecule has 0 aliphatic rings. The number of unbranched alkanes of at least 4 members (excludes halogenated alkanes) is 2. The van der Waals surface area contributed by atoms with Crippen LogP contribution in [0, 0.1) is 0 Å². The van der Waals surface area contributed by atoms with Crippen LogP contribution in [0.15, 0.2) is 0 Å². The molecule has 5 unspecified atom stereocenters. The molecular weight excluding hydrogens is 296 g/mol. The second-order valence-electron chi connectivity index (χ2n) is 6.77. The number of rotatable bonds is 15. The summed E-state index contributed by atoms with van der Waals surface area (Å²) in [5.41, 5.74) is 0. The Hall–Kier alpha value is -0.200. The number of hydrogen-bond acceptors (Lipinski definition) is 5. The van der Waals surface area contributed by atoms with Gasteiger partial charge in [0.25, 0.3) is 0 Å². The van der Waals surface area contributed by atoms with Crippen molar-refractivity contribution in [2.75, 3.05) is 6.61 Å². The fraction of sp³-hybridized carbons (Fsp3) is 1.00. The Morgan fingerprint density at radius 1 is 0.739 bits per heavy atom. The first-order valence-electron chi connectivity index (χ1n) is 9.20. The standard InChI is InChI=1S/C18H38O5/c1-4-5-8-16(20)11-12-17(21)9-6-7-10-18(22)15(3)23-13-14(2)19/h14-22H,4-13H2,1-3H3. The Labute approximate surface area is 141 Å². The van der Waals surface area contributed by atoms with Crippen LogP contribution in [0.1, 0.15) is 78.6 Å². The van der Waals surface area contributed by atoms with Crippen LogP contribution in [0.2, 0.25) is 0 Å². The third-order valence-corrected chi connectivity index (χ3v) is 4.15. The molecule has 0 spiro atoms. The first-order chi connectivity index (χ1) is 10.9. The molecule has 0 heterocycles. The highest BCUT2D eigenvalue weighted by Gasteiger charge is 2.15. The maximum Gasteiger partial charge on any atom is 0.0807 e. The van der Waals surface area contributed by atoms with Crippen LogP contribution in [0.25, 0.3) is 0 Å². The lowest BCUT2D eigenvalue weighted by atomic mass is 10.0. The van der Waals surface area contributed by atoms with Gasteiger partial charge in [0.1, 0.15) is 0 Å². The maximum atomic E-state index is 9.95. The quantitative estimate of drug-likeness (QED) is 0.345. The molecule has 0 aliphatic heterocycles. The lowest BCUT2D eigenvalue weighted by Gasteiger charge is -2.20. The van der Waals surface area contributed by atoms with Crippen LogP contribution in [0.3, 0.4) is 0 Å². The molecule has 0 aromatic rings. The van der Waals surface area contributed by atoms with Gasteiger partial charge in [-0.3, -0.25) is 0 Å². The monoisotopic (exact) mass is 334 g/mol. The van der Waals surface area contributed by atoms with Crippen molar-refractivity contribution < 1.29 is 25.2 Å². The highest BCUT2D eigenvalue weighted by atomic mass is 16.5. The van der Waals surface area contributed by atoms with Crippen LogP contribution < -0.4 is 0 Å². The highest BCUT2D eigenvalue weighted by molar-refractivity contribution is 4.67. The molecular formula is C18H38O5. The van der Waals surface area contributed by atoms with E-state index in [2.05, 4.69) is 6.92 Å². The molecule has 0 fully saturated rings. The molecule has 0 saturated carbocycles. The second-order valence-corrected chi connectivity index (χ2v) is 6.77. The molecule has 4 N–H and O–H groups in total. The average Bonchev–Trinajstić information content (AvgIpc) is 2.52. The van der Waals surface area contributed by atoms with Gasteiger partial charge in [0.05, 0.1) is 37.1 Å². The summed E-state index contributed by atoms with van der Waals surface area (Å²) in [6.07, 6.45) is 5.25. The van der Waals surface area contributed by atoms with Crippen molar-refractivity contribution in [3.05, 3.63) is 0 Å². The predicted octanol–water partition coefficient (Wildman–Crippen LogP) is 2.39. The van der Waals surface area contributed by atoms with Gasteiger partial charge in [-0.1, -0.05) is 32.6 Å². The summed E-state index contributed by atoms with van der Waals surface area (Å²) in [5, 5.41) is 38.8. The minimum atomic E-state index is -0.540. The normalized spacial score (nSPS) is 18.4. The van der Waals surface area contributed by atoms with Gasteiger partial charge in [-0.15, -0.1) is 0 Å². The first kappa shape index (κ1) is 22.8. The summed E-state index contributed by atoms with van der Waals surface area (Å²) in [5.74, 6) is 0. The van der Waals surface area contributed by atoms with E-state index >= 15 is 0 Å². The Bertz CT molecular complexity index is 260. The van der Waals surface area contributed by atoms with E-state index in [1.165, 1.54) is 0 Å². The van der Waals surface area contributed by atoms with Gasteiger partial charge in [-0.05, 0) is 46.0 Å². The molecule has 0 amide bonds. The van der Waals surface area contributed by atoms with Crippen molar-refractivity contribution in [1.29, 1.82) is 0 Å². The van der Waals surface area contributed by atoms with Crippen molar-refractivity contribution in [3.63, 3.8) is 0 Å². The van der Waals surface area contributed by atoms with Crippen molar-refractivity contribution in [1.82, 2.24) is 0 Å². The first-order valence-corrected chi connectivity index (χ1v) is 9.20. The van der Waals surface area contributed by atoms with Gasteiger partial charge in [0.15, 0.2) is 0 Å². The van der Waals surface area contributed by atoms with Crippen molar-refractivity contribution >= 4 is 0 Å². The summed E-state index contributed by atoms with van der Waals surface area (Å²) in [4.78, 5) is 0. The van der Waals surface area contributed by atoms with E-state index in [9.17, 15) is 15.3 Å². The van der Waals surface area contributed by atoms with Crippen LogP contribution >= 0.6 is 0 Å². The molecule has 0 aromatic heterocycles. The van der Waals surface area contributed by atoms with Gasteiger partial charge >= 0.3 is 0 Å². The Kier molecular flexibility index (Phi) is 14.0. The van der Waals surface area contributed by atoms with Crippen LogP contribution in [-0.2, 0) is 4.74 Å². The molecule has 0 saturated heterocycles. The minimum absolute atomic E-state index is 0.233. The van der Waals surface area contributed by atoms with Crippen LogP contribution in [0.4, 0.5) is 0 Å². The van der Waals surface area contributed by atoms with Gasteiger partial charge in [0, 0.05) is 0 Å². The zero-order valence-corrected chi connectivity index (χ0v) is 15.2. The Balaban J connectivity index is 3.61. The Morgan fingerprint density at radius 3 is 1.78 bits per heavy atom. The number of aliphatic hydroxyl groups is 4. The smallest absolute Gasteiger partial charge is 0.0807 e. The molecule has 23 heavy (non-hydrogen) atoms. The lowest BCUT2D eigenvalue weighted by molar-refractivity contribution is -0.0568. The van der Waals surface area contributed by atoms with E-state index in [1.54, 1.807) is 13.8 Å². The van der Waals surface area contributed by atoms with E-state index in [0.29, 0.717) is 25.7 Å². The third kappa shape index (κ3) is 13.9. The molecule has 0 rings (SSSR count). The van der Waals surface area contributed by atoms with Gasteiger partial charge in [-0.2, -0.15) is 0 Å². The average molecular weight is 334 g/mol. The third-order valence-electron chi connectivity index (χ3n) is 4.15. The van der Waals surface area contributed by atoms with Gasteiger partial charge in [-0.25, -0.2) is 0 Å². The number of aliphatic hydroxyl groups excluding tert-OH is 4. The minimum Gasteiger partial charge on any atom is -0.393 e. The molecule has 0 radical (unpaired) electrons. The van der Waals surface area contributed by atoms with Crippen molar-refractivity contribution in [3.8, 4) is 0 Å². The van der Waals surface area contributed by atoms with E-state index in [1.807, 2.05) is 0 Å². The molecule has 5 heteroatoms. The predicted molar refractivity (Wildman–Crippen MR) is 92.3 cm³/mol. The zero-order chi connectivity index (χ0) is 17.7. The molecule has 0 aliphatic carbocycles. The number of ether oxygens (including phenoxy) is 1. The molecule has 140 valence electrons. The van der Waals surface area contributed by atoms with Gasteiger partial charge < -0.3 is 25.2 Å². The molecule has 0 bridgehead atoms. The SMILES string of the molecule is CCCCC(O)CCC(O)CCCCC(O)C(C)OCC(C)O. The molecule has 0 aromatic carbocycles. The Morgan fingerprint density at radius 2 is 1.26 bits per heavy atom. The lowest BCUT2D eigenvalue weighted by Crippen LogP contribution is -2.28. The summed E-state index contributed by atoms with van der Waals surface area (Å²) in [6.45, 7) is 5.79. The van der Waals surface area contributed by atoms with Crippen molar-refractivity contribution in [2.24, 2.45) is 0 Å². The molecule has 5 atom stereocenters. The topological polar surface area (TPSA) is 90.2 Å². The van der Waals surface area contributed by atoms with Crippen LogP contribution in [0.5, 0.6) is 0 Å². The summed E-state index contributed by atoms with van der Waals surface area (Å²) < 4.78 is 5.36. The van der Waals surface area contributed by atoms with E-state index in [-0.39, 0.29) is 24.9 Å². The highest BCUT2D eigenvalue weighted by Crippen LogP contribution is 2.15. The van der Waals surface area contributed by atoms with Gasteiger partial charge in [0.2, 0.25) is 0 Å². The zero-order valence-electron chi connectivity index (χ0n) is 15.2. The fourth-order valence-corrected chi connectivity index (χ4v) is 2.48. The molecule has 5 nitrogen and oxygen atoms in total. The summed E-state index contributed by atoms with van der Waals surface area (Å²) in [6, 6.07) is 0. The summed E-state index contributed by atoms with van der Waals surface area (Å²) in [7, 11) is 0. The number of hydrogen-bond donors (Lipinski definition) is 4. The van der Waals surface area contributed by atoms with Crippen LogP contribution in [-0.4, -0.2) is 57.6 Å². The van der Waals surface area contributed by atoms with E-state index in [0.717, 1.165) is 32.1 Å².